The lowest BCUT2D eigenvalue weighted by Gasteiger charge is -2.25. The van der Waals surface area contributed by atoms with E-state index in [0.29, 0.717) is 6.42 Å². The molecule has 3 nitrogen and oxygen atoms in total. The summed E-state index contributed by atoms with van der Waals surface area (Å²) in [5, 5.41) is 0. The average Bonchev–Trinajstić information content (AvgIpc) is 3.05. The Kier molecular flexibility index (Phi) is 4.93. The van der Waals surface area contributed by atoms with Crippen molar-refractivity contribution in [3.63, 3.8) is 0 Å². The molecule has 1 atom stereocenters. The second kappa shape index (κ2) is 7.12. The van der Waals surface area contributed by atoms with Crippen molar-refractivity contribution in [1.29, 1.82) is 0 Å². The smallest absolute Gasteiger partial charge is 0.223 e. The van der Waals surface area contributed by atoms with Gasteiger partial charge in [0.05, 0.1) is 11.7 Å². The van der Waals surface area contributed by atoms with Crippen LogP contribution in [0.1, 0.15) is 50.0 Å². The molecule has 1 aromatic heterocycles. The maximum atomic E-state index is 13.2. The van der Waals surface area contributed by atoms with Crippen LogP contribution in [0, 0.1) is 12.7 Å². The summed E-state index contributed by atoms with van der Waals surface area (Å²) in [4.78, 5) is 19.0. The van der Waals surface area contributed by atoms with Crippen molar-refractivity contribution in [2.24, 2.45) is 0 Å². The highest BCUT2D eigenvalue weighted by Crippen LogP contribution is 2.33. The van der Waals surface area contributed by atoms with Crippen LogP contribution in [0.4, 0.5) is 4.39 Å². The van der Waals surface area contributed by atoms with Crippen molar-refractivity contribution in [1.82, 2.24) is 9.88 Å². The van der Waals surface area contributed by atoms with E-state index >= 15 is 0 Å². The topological polar surface area (TPSA) is 33.2 Å². The average molecular weight is 326 g/mol. The number of nitrogens with zero attached hydrogens (tertiary/aromatic N) is 2. The van der Waals surface area contributed by atoms with Gasteiger partial charge in [0.25, 0.3) is 0 Å². The van der Waals surface area contributed by atoms with Gasteiger partial charge in [0, 0.05) is 18.7 Å². The largest absolute Gasteiger partial charge is 0.334 e. The second-order valence-electron chi connectivity index (χ2n) is 6.42. The van der Waals surface area contributed by atoms with Crippen LogP contribution in [0.3, 0.4) is 0 Å². The molecule has 1 amide bonds. The predicted octanol–water partition coefficient (Wildman–Crippen LogP) is 4.66. The molecule has 1 saturated heterocycles. The van der Waals surface area contributed by atoms with Gasteiger partial charge in [-0.25, -0.2) is 4.39 Å². The first kappa shape index (κ1) is 16.6. The van der Waals surface area contributed by atoms with Crippen molar-refractivity contribution >= 4 is 5.91 Å². The SMILES string of the molecule is CCCC(=O)N1CCC[C@H]1c1cc(-c2ccc(F)cc2)cc(C)n1. The summed E-state index contributed by atoms with van der Waals surface area (Å²) in [6.45, 7) is 4.80. The van der Waals surface area contributed by atoms with E-state index in [4.69, 9.17) is 0 Å². The zero-order chi connectivity index (χ0) is 17.1. The van der Waals surface area contributed by atoms with Crippen LogP contribution in [0.5, 0.6) is 0 Å². The van der Waals surface area contributed by atoms with Gasteiger partial charge < -0.3 is 4.90 Å². The van der Waals surface area contributed by atoms with Gasteiger partial charge in [-0.3, -0.25) is 9.78 Å². The Bertz CT molecular complexity index is 727. The molecule has 0 aliphatic carbocycles. The molecule has 0 N–H and O–H groups in total. The molecule has 0 bridgehead atoms. The molecule has 0 saturated carbocycles. The lowest BCUT2D eigenvalue weighted by Crippen LogP contribution is -2.30. The third-order valence-electron chi connectivity index (χ3n) is 4.53. The van der Waals surface area contributed by atoms with Gasteiger partial charge in [0.1, 0.15) is 5.82 Å². The third kappa shape index (κ3) is 3.48. The normalized spacial score (nSPS) is 17.3. The number of hydrogen-bond donors (Lipinski definition) is 0. The van der Waals surface area contributed by atoms with E-state index in [1.54, 1.807) is 12.1 Å². The summed E-state index contributed by atoms with van der Waals surface area (Å²) < 4.78 is 13.2. The molecule has 24 heavy (non-hydrogen) atoms. The molecule has 2 aromatic rings. The van der Waals surface area contributed by atoms with Gasteiger partial charge in [0.2, 0.25) is 5.91 Å². The number of benzene rings is 1. The summed E-state index contributed by atoms with van der Waals surface area (Å²) in [6, 6.07) is 10.6. The van der Waals surface area contributed by atoms with E-state index in [9.17, 15) is 9.18 Å². The molecule has 0 unspecified atom stereocenters. The van der Waals surface area contributed by atoms with E-state index in [2.05, 4.69) is 4.98 Å². The Hall–Kier alpha value is -2.23. The van der Waals surface area contributed by atoms with Crippen LogP contribution in [0.15, 0.2) is 36.4 Å². The fraction of sp³-hybridized carbons (Fsp3) is 0.400. The van der Waals surface area contributed by atoms with Crippen molar-refractivity contribution in [3.05, 3.63) is 53.6 Å². The highest BCUT2D eigenvalue weighted by Gasteiger charge is 2.30. The number of halogens is 1. The highest BCUT2D eigenvalue weighted by atomic mass is 19.1. The second-order valence-corrected chi connectivity index (χ2v) is 6.42. The van der Waals surface area contributed by atoms with Crippen LogP contribution in [-0.2, 0) is 4.79 Å². The summed E-state index contributed by atoms with van der Waals surface area (Å²) in [5.41, 5.74) is 3.85. The van der Waals surface area contributed by atoms with E-state index in [-0.39, 0.29) is 17.8 Å². The number of rotatable bonds is 4. The maximum absolute atomic E-state index is 13.2. The van der Waals surface area contributed by atoms with Gasteiger partial charge in [-0.15, -0.1) is 0 Å². The van der Waals surface area contributed by atoms with Crippen LogP contribution in [0.25, 0.3) is 11.1 Å². The standard InChI is InChI=1S/C20H23FN2O/c1-3-5-20(24)23-11-4-6-19(23)18-13-16(12-14(2)22-18)15-7-9-17(21)10-8-15/h7-10,12-13,19H,3-6,11H2,1-2H3/t19-/m0/s1. The molecule has 1 aliphatic rings. The molecule has 0 radical (unpaired) electrons. The first-order valence-electron chi connectivity index (χ1n) is 8.62. The molecule has 1 aromatic carbocycles. The van der Waals surface area contributed by atoms with Crippen LogP contribution in [-0.4, -0.2) is 22.3 Å². The number of aromatic nitrogens is 1. The lowest BCUT2D eigenvalue weighted by molar-refractivity contribution is -0.132. The van der Waals surface area contributed by atoms with Gasteiger partial charge in [-0.1, -0.05) is 19.1 Å². The van der Waals surface area contributed by atoms with Crippen LogP contribution >= 0.6 is 0 Å². The number of aryl methyl sites for hydroxylation is 1. The Morgan fingerprint density at radius 1 is 1.25 bits per heavy atom. The Balaban J connectivity index is 1.93. The highest BCUT2D eigenvalue weighted by molar-refractivity contribution is 5.77. The van der Waals surface area contributed by atoms with Crippen molar-refractivity contribution < 1.29 is 9.18 Å². The molecule has 4 heteroatoms. The zero-order valence-electron chi connectivity index (χ0n) is 14.3. The lowest BCUT2D eigenvalue weighted by atomic mass is 10.0. The Morgan fingerprint density at radius 2 is 2.00 bits per heavy atom. The third-order valence-corrected chi connectivity index (χ3v) is 4.53. The number of carbonyl (C=O) groups is 1. The first-order chi connectivity index (χ1) is 11.6. The summed E-state index contributed by atoms with van der Waals surface area (Å²) >= 11 is 0. The number of hydrogen-bond acceptors (Lipinski definition) is 2. The summed E-state index contributed by atoms with van der Waals surface area (Å²) in [5.74, 6) is -0.0245. The fourth-order valence-corrected chi connectivity index (χ4v) is 3.40. The fourth-order valence-electron chi connectivity index (χ4n) is 3.40. The van der Waals surface area contributed by atoms with E-state index in [0.717, 1.165) is 48.3 Å². The minimum Gasteiger partial charge on any atom is -0.334 e. The molecule has 0 spiro atoms. The number of carbonyl (C=O) groups excluding carboxylic acids is 1. The number of pyridine rings is 1. The monoisotopic (exact) mass is 326 g/mol. The quantitative estimate of drug-likeness (QED) is 0.818. The molecule has 3 rings (SSSR count). The van der Waals surface area contributed by atoms with Gasteiger partial charge in [-0.2, -0.15) is 0 Å². The number of amides is 1. The molecular weight excluding hydrogens is 303 g/mol. The zero-order valence-corrected chi connectivity index (χ0v) is 14.3. The van der Waals surface area contributed by atoms with E-state index < -0.39 is 0 Å². The summed E-state index contributed by atoms with van der Waals surface area (Å²) in [6.07, 6.45) is 3.42. The predicted molar refractivity (Wildman–Crippen MR) is 93.0 cm³/mol. The van der Waals surface area contributed by atoms with E-state index in [1.807, 2.05) is 30.9 Å². The van der Waals surface area contributed by atoms with Crippen molar-refractivity contribution in [2.45, 2.75) is 45.6 Å². The molecule has 126 valence electrons. The summed E-state index contributed by atoms with van der Waals surface area (Å²) in [7, 11) is 0. The van der Waals surface area contributed by atoms with Crippen LogP contribution in [0.2, 0.25) is 0 Å². The molecule has 1 aliphatic heterocycles. The Morgan fingerprint density at radius 3 is 2.71 bits per heavy atom. The minimum atomic E-state index is -0.239. The van der Waals surface area contributed by atoms with Crippen molar-refractivity contribution in [3.8, 4) is 11.1 Å². The van der Waals surface area contributed by atoms with Gasteiger partial charge >= 0.3 is 0 Å². The molecule has 2 heterocycles. The van der Waals surface area contributed by atoms with Gasteiger partial charge in [-0.05, 0) is 61.6 Å². The van der Waals surface area contributed by atoms with E-state index in [1.165, 1.54) is 12.1 Å². The van der Waals surface area contributed by atoms with Crippen molar-refractivity contribution in [2.75, 3.05) is 6.54 Å². The van der Waals surface area contributed by atoms with Gasteiger partial charge in [0.15, 0.2) is 0 Å². The van der Waals surface area contributed by atoms with Crippen LogP contribution < -0.4 is 0 Å². The Labute approximate surface area is 142 Å². The number of likely N-dealkylation sites (tertiary alicyclic amines) is 1. The molecular formula is C20H23FN2O. The molecule has 1 fully saturated rings. The minimum absolute atomic E-state index is 0.0585. The first-order valence-corrected chi connectivity index (χ1v) is 8.62. The maximum Gasteiger partial charge on any atom is 0.223 e.